The molecule has 1 saturated heterocycles. The molecule has 0 amide bonds. The van der Waals surface area contributed by atoms with Gasteiger partial charge in [-0.25, -0.2) is 0 Å². The number of benzene rings is 1. The van der Waals surface area contributed by atoms with Crippen LogP contribution in [0, 0.1) is 5.92 Å². The number of likely N-dealkylation sites (tertiary alicyclic amines) is 1. The molecule has 1 aromatic rings. The zero-order valence-corrected chi connectivity index (χ0v) is 12.8. The van der Waals surface area contributed by atoms with Crippen LogP contribution in [-0.2, 0) is 16.1 Å². The highest BCUT2D eigenvalue weighted by Gasteiger charge is 2.36. The van der Waals surface area contributed by atoms with Gasteiger partial charge in [0.05, 0.1) is 7.11 Å². The highest BCUT2D eigenvalue weighted by atomic mass is 16.5. The molecule has 1 aliphatic heterocycles. The molecule has 114 valence electrons. The minimum Gasteiger partial charge on any atom is -0.468 e. The molecule has 2 atom stereocenters. The molecule has 1 aliphatic rings. The van der Waals surface area contributed by atoms with Crippen LogP contribution in [0.25, 0.3) is 0 Å². The Morgan fingerprint density at radius 3 is 2.86 bits per heavy atom. The molecule has 1 fully saturated rings. The van der Waals surface area contributed by atoms with Crippen molar-refractivity contribution in [2.24, 2.45) is 5.92 Å². The van der Waals surface area contributed by atoms with E-state index in [1.54, 1.807) is 0 Å². The zero-order chi connectivity index (χ0) is 15.1. The molecule has 0 N–H and O–H groups in total. The maximum Gasteiger partial charge on any atom is 0.323 e. The Labute approximate surface area is 127 Å². The summed E-state index contributed by atoms with van der Waals surface area (Å²) < 4.78 is 5.06. The van der Waals surface area contributed by atoms with Gasteiger partial charge in [0.15, 0.2) is 0 Å². The summed E-state index contributed by atoms with van der Waals surface area (Å²) in [5.41, 5.74) is 1.25. The average molecular weight is 287 g/mol. The first-order chi connectivity index (χ1) is 10.3. The van der Waals surface area contributed by atoms with Gasteiger partial charge in [-0.05, 0) is 43.7 Å². The fourth-order valence-corrected chi connectivity index (χ4v) is 3.24. The summed E-state index contributed by atoms with van der Waals surface area (Å²) in [6, 6.07) is 10.2. The molecular formula is C18H25NO2. The first-order valence-electron chi connectivity index (χ1n) is 7.73. The Hall–Kier alpha value is -1.61. The highest BCUT2D eigenvalue weighted by molar-refractivity contribution is 5.76. The minimum absolute atomic E-state index is 0.0975. The summed E-state index contributed by atoms with van der Waals surface area (Å²) in [5, 5.41) is 0. The van der Waals surface area contributed by atoms with E-state index in [4.69, 9.17) is 4.74 Å². The first kappa shape index (κ1) is 15.8. The summed E-state index contributed by atoms with van der Waals surface area (Å²) in [6.07, 6.45) is 6.14. The predicted molar refractivity (Wildman–Crippen MR) is 84.8 cm³/mol. The van der Waals surface area contributed by atoms with Crippen LogP contribution in [0.2, 0.25) is 0 Å². The quantitative estimate of drug-likeness (QED) is 0.593. The van der Waals surface area contributed by atoms with Crippen LogP contribution in [0.4, 0.5) is 0 Å². The van der Waals surface area contributed by atoms with Gasteiger partial charge in [-0.2, -0.15) is 0 Å². The van der Waals surface area contributed by atoms with E-state index in [0.29, 0.717) is 5.92 Å². The van der Waals surface area contributed by atoms with Crippen LogP contribution in [0.1, 0.15) is 31.2 Å². The fourth-order valence-electron chi connectivity index (χ4n) is 3.24. The van der Waals surface area contributed by atoms with Crippen molar-refractivity contribution in [2.75, 3.05) is 13.7 Å². The molecule has 0 bridgehead atoms. The van der Waals surface area contributed by atoms with Crippen molar-refractivity contribution in [3.63, 3.8) is 0 Å². The molecule has 3 nitrogen and oxygen atoms in total. The van der Waals surface area contributed by atoms with Crippen LogP contribution in [0.5, 0.6) is 0 Å². The number of hydrogen-bond acceptors (Lipinski definition) is 3. The van der Waals surface area contributed by atoms with Gasteiger partial charge in [-0.15, -0.1) is 6.58 Å². The van der Waals surface area contributed by atoms with Gasteiger partial charge in [0.25, 0.3) is 0 Å². The van der Waals surface area contributed by atoms with Gasteiger partial charge in [0.2, 0.25) is 0 Å². The van der Waals surface area contributed by atoms with Crippen molar-refractivity contribution in [1.82, 2.24) is 4.90 Å². The van der Waals surface area contributed by atoms with E-state index in [0.717, 1.165) is 38.8 Å². The third kappa shape index (κ3) is 4.18. The predicted octanol–water partition coefficient (Wildman–Crippen LogP) is 3.41. The topological polar surface area (TPSA) is 29.5 Å². The maximum atomic E-state index is 12.3. The van der Waals surface area contributed by atoms with E-state index in [-0.39, 0.29) is 12.0 Å². The zero-order valence-electron chi connectivity index (χ0n) is 12.8. The monoisotopic (exact) mass is 287 g/mol. The summed E-state index contributed by atoms with van der Waals surface area (Å²) in [4.78, 5) is 14.5. The van der Waals surface area contributed by atoms with Crippen LogP contribution >= 0.6 is 0 Å². The van der Waals surface area contributed by atoms with Gasteiger partial charge in [0, 0.05) is 6.54 Å². The number of hydrogen-bond donors (Lipinski definition) is 0. The SMILES string of the molecule is C=CCC[C@H]1CCCN(Cc2ccccc2)[C@H]1C(=O)OC. The lowest BCUT2D eigenvalue weighted by Gasteiger charge is -2.39. The van der Waals surface area contributed by atoms with Crippen molar-refractivity contribution in [3.8, 4) is 0 Å². The Morgan fingerprint density at radius 1 is 1.43 bits per heavy atom. The second kappa shape index (κ2) is 7.99. The molecule has 0 aromatic heterocycles. The Kier molecular flexibility index (Phi) is 6.00. The second-order valence-corrected chi connectivity index (χ2v) is 5.69. The number of carbonyl (C=O) groups is 1. The highest BCUT2D eigenvalue weighted by Crippen LogP contribution is 2.29. The third-order valence-electron chi connectivity index (χ3n) is 4.27. The molecule has 2 rings (SSSR count). The molecule has 0 unspecified atom stereocenters. The van der Waals surface area contributed by atoms with E-state index in [2.05, 4.69) is 23.6 Å². The van der Waals surface area contributed by atoms with Crippen LogP contribution in [-0.4, -0.2) is 30.6 Å². The van der Waals surface area contributed by atoms with Crippen molar-refractivity contribution >= 4 is 5.97 Å². The molecule has 0 spiro atoms. The molecule has 0 radical (unpaired) electrons. The number of ether oxygens (including phenoxy) is 1. The number of rotatable bonds is 6. The maximum absolute atomic E-state index is 12.3. The number of allylic oxidation sites excluding steroid dienone is 1. The lowest BCUT2D eigenvalue weighted by atomic mass is 9.85. The van der Waals surface area contributed by atoms with Crippen molar-refractivity contribution in [2.45, 2.75) is 38.3 Å². The number of carbonyl (C=O) groups excluding carboxylic acids is 1. The molecule has 0 aliphatic carbocycles. The number of esters is 1. The van der Waals surface area contributed by atoms with Crippen LogP contribution < -0.4 is 0 Å². The molecule has 0 saturated carbocycles. The third-order valence-corrected chi connectivity index (χ3v) is 4.27. The van der Waals surface area contributed by atoms with Gasteiger partial charge in [-0.3, -0.25) is 9.69 Å². The van der Waals surface area contributed by atoms with Crippen molar-refractivity contribution in [1.29, 1.82) is 0 Å². The largest absolute Gasteiger partial charge is 0.468 e. The fraction of sp³-hybridized carbons (Fsp3) is 0.500. The van der Waals surface area contributed by atoms with Crippen molar-refractivity contribution < 1.29 is 9.53 Å². The number of nitrogens with zero attached hydrogens (tertiary/aromatic N) is 1. The van der Waals surface area contributed by atoms with E-state index in [1.165, 1.54) is 12.7 Å². The van der Waals surface area contributed by atoms with E-state index in [9.17, 15) is 4.79 Å². The van der Waals surface area contributed by atoms with Crippen LogP contribution in [0.3, 0.4) is 0 Å². The van der Waals surface area contributed by atoms with Gasteiger partial charge in [0.1, 0.15) is 6.04 Å². The Balaban J connectivity index is 2.12. The second-order valence-electron chi connectivity index (χ2n) is 5.69. The number of methoxy groups -OCH3 is 1. The lowest BCUT2D eigenvalue weighted by molar-refractivity contribution is -0.151. The molecule has 1 heterocycles. The molecule has 21 heavy (non-hydrogen) atoms. The van der Waals surface area contributed by atoms with Crippen LogP contribution in [0.15, 0.2) is 43.0 Å². The van der Waals surface area contributed by atoms with Gasteiger partial charge < -0.3 is 4.74 Å². The minimum atomic E-state index is -0.121. The van der Waals surface area contributed by atoms with E-state index < -0.39 is 0 Å². The Bertz CT molecular complexity index is 458. The normalized spacial score (nSPS) is 22.7. The van der Waals surface area contributed by atoms with E-state index >= 15 is 0 Å². The smallest absolute Gasteiger partial charge is 0.323 e. The summed E-state index contributed by atoms with van der Waals surface area (Å²) in [5.74, 6) is 0.271. The Morgan fingerprint density at radius 2 is 2.19 bits per heavy atom. The summed E-state index contributed by atoms with van der Waals surface area (Å²) in [7, 11) is 1.49. The molecular weight excluding hydrogens is 262 g/mol. The molecule has 1 aromatic carbocycles. The average Bonchev–Trinajstić information content (AvgIpc) is 2.53. The lowest BCUT2D eigenvalue weighted by Crippen LogP contribution is -2.50. The summed E-state index contributed by atoms with van der Waals surface area (Å²) >= 11 is 0. The van der Waals surface area contributed by atoms with E-state index in [1.807, 2.05) is 24.3 Å². The standard InChI is InChI=1S/C18H25NO2/c1-3-4-11-16-12-8-13-19(17(16)18(20)21-2)14-15-9-6-5-7-10-15/h3,5-7,9-10,16-17H,1,4,8,11-14H2,2H3/t16-,17+/m0/s1. The first-order valence-corrected chi connectivity index (χ1v) is 7.73. The molecule has 3 heteroatoms. The van der Waals surface area contributed by atoms with Gasteiger partial charge in [-0.1, -0.05) is 36.4 Å². The van der Waals surface area contributed by atoms with Gasteiger partial charge >= 0.3 is 5.97 Å². The number of piperidine rings is 1. The van der Waals surface area contributed by atoms with Crippen molar-refractivity contribution in [3.05, 3.63) is 48.6 Å². The summed E-state index contributed by atoms with van der Waals surface area (Å²) in [6.45, 7) is 5.56.